The van der Waals surface area contributed by atoms with Crippen molar-refractivity contribution in [2.24, 2.45) is 0 Å². The van der Waals surface area contributed by atoms with Gasteiger partial charge in [-0.05, 0) is 36.2 Å². The lowest BCUT2D eigenvalue weighted by molar-refractivity contribution is -0.122. The molecule has 1 fully saturated rings. The van der Waals surface area contributed by atoms with Crippen molar-refractivity contribution in [3.05, 3.63) is 71.3 Å². The Morgan fingerprint density at radius 2 is 1.64 bits per heavy atom. The second-order valence-corrected chi connectivity index (χ2v) is 6.84. The first-order valence-corrected chi connectivity index (χ1v) is 9.29. The third-order valence-corrected chi connectivity index (χ3v) is 4.68. The van der Waals surface area contributed by atoms with Crippen LogP contribution < -0.4 is 5.32 Å². The molecule has 1 N–H and O–H groups in total. The van der Waals surface area contributed by atoms with Gasteiger partial charge in [-0.1, -0.05) is 18.2 Å². The van der Waals surface area contributed by atoms with E-state index in [4.69, 9.17) is 0 Å². The molecule has 7 heteroatoms. The summed E-state index contributed by atoms with van der Waals surface area (Å²) < 4.78 is 26.4. The summed E-state index contributed by atoms with van der Waals surface area (Å²) in [6.07, 6.45) is 0.779. The molecule has 2 aromatic carbocycles. The summed E-state index contributed by atoms with van der Waals surface area (Å²) in [5.74, 6) is -1.55. The van der Waals surface area contributed by atoms with E-state index in [1.165, 1.54) is 12.1 Å². The molecule has 0 bridgehead atoms. The van der Waals surface area contributed by atoms with Crippen LogP contribution in [0.2, 0.25) is 0 Å². The highest BCUT2D eigenvalue weighted by molar-refractivity contribution is 5.94. The Balaban J connectivity index is 1.47. The van der Waals surface area contributed by atoms with Crippen LogP contribution >= 0.6 is 0 Å². The van der Waals surface area contributed by atoms with Crippen molar-refractivity contribution in [2.45, 2.75) is 13.0 Å². The maximum atomic E-state index is 13.2. The average molecular weight is 387 g/mol. The normalized spacial score (nSPS) is 15.1. The Bertz CT molecular complexity index is 809. The SMILES string of the molecule is O=C(CN1CCCN(C(=O)c2ccccc2)CC1)NCc1cc(F)cc(F)c1. The Morgan fingerprint density at radius 3 is 2.36 bits per heavy atom. The van der Waals surface area contributed by atoms with Crippen LogP contribution in [0.15, 0.2) is 48.5 Å². The third kappa shape index (κ3) is 5.60. The van der Waals surface area contributed by atoms with E-state index in [0.29, 0.717) is 37.3 Å². The van der Waals surface area contributed by atoms with Crippen LogP contribution in [0.4, 0.5) is 8.78 Å². The summed E-state index contributed by atoms with van der Waals surface area (Å²) in [6, 6.07) is 12.3. The van der Waals surface area contributed by atoms with E-state index in [-0.39, 0.29) is 24.9 Å². The number of benzene rings is 2. The van der Waals surface area contributed by atoms with Gasteiger partial charge in [0.2, 0.25) is 5.91 Å². The lowest BCUT2D eigenvalue weighted by Crippen LogP contribution is -2.39. The third-order valence-electron chi connectivity index (χ3n) is 4.68. The zero-order valence-electron chi connectivity index (χ0n) is 15.5. The molecule has 1 aliphatic heterocycles. The van der Waals surface area contributed by atoms with E-state index in [0.717, 1.165) is 12.5 Å². The molecule has 0 aromatic heterocycles. The van der Waals surface area contributed by atoms with Crippen LogP contribution in [-0.4, -0.2) is 54.3 Å². The lowest BCUT2D eigenvalue weighted by atomic mass is 10.2. The van der Waals surface area contributed by atoms with Gasteiger partial charge in [-0.25, -0.2) is 8.78 Å². The van der Waals surface area contributed by atoms with Gasteiger partial charge in [0.25, 0.3) is 5.91 Å². The van der Waals surface area contributed by atoms with Crippen molar-refractivity contribution < 1.29 is 18.4 Å². The molecule has 0 saturated carbocycles. The van der Waals surface area contributed by atoms with Gasteiger partial charge in [0.05, 0.1) is 6.54 Å². The Morgan fingerprint density at radius 1 is 0.929 bits per heavy atom. The first-order chi connectivity index (χ1) is 13.5. The van der Waals surface area contributed by atoms with Crippen molar-refractivity contribution >= 4 is 11.8 Å². The molecule has 0 atom stereocenters. The number of amides is 2. The number of hydrogen-bond donors (Lipinski definition) is 1. The minimum Gasteiger partial charge on any atom is -0.351 e. The van der Waals surface area contributed by atoms with E-state index in [9.17, 15) is 18.4 Å². The summed E-state index contributed by atoms with van der Waals surface area (Å²) in [5, 5.41) is 2.69. The van der Waals surface area contributed by atoms with Crippen LogP contribution in [0.1, 0.15) is 22.3 Å². The van der Waals surface area contributed by atoms with Crippen molar-refractivity contribution in [1.29, 1.82) is 0 Å². The first kappa shape index (κ1) is 19.9. The molecule has 0 radical (unpaired) electrons. The number of rotatable bonds is 5. The zero-order valence-corrected chi connectivity index (χ0v) is 15.5. The van der Waals surface area contributed by atoms with Gasteiger partial charge in [-0.3, -0.25) is 14.5 Å². The molecule has 2 amide bonds. The lowest BCUT2D eigenvalue weighted by Gasteiger charge is -2.22. The van der Waals surface area contributed by atoms with E-state index in [1.807, 2.05) is 28.0 Å². The van der Waals surface area contributed by atoms with Gasteiger partial charge in [0.15, 0.2) is 0 Å². The van der Waals surface area contributed by atoms with Gasteiger partial charge >= 0.3 is 0 Å². The second-order valence-electron chi connectivity index (χ2n) is 6.84. The van der Waals surface area contributed by atoms with E-state index in [1.54, 1.807) is 12.1 Å². The predicted octanol–water partition coefficient (Wildman–Crippen LogP) is 2.43. The number of hydrogen-bond acceptors (Lipinski definition) is 3. The average Bonchev–Trinajstić information content (AvgIpc) is 2.91. The zero-order chi connectivity index (χ0) is 19.9. The largest absolute Gasteiger partial charge is 0.351 e. The van der Waals surface area contributed by atoms with Crippen molar-refractivity contribution in [1.82, 2.24) is 15.1 Å². The topological polar surface area (TPSA) is 52.7 Å². The standard InChI is InChI=1S/C21H23F2N3O2/c22-18-11-16(12-19(23)13-18)14-24-20(27)15-25-7-4-8-26(10-9-25)21(28)17-5-2-1-3-6-17/h1-3,5-6,11-13H,4,7-10,14-15H2,(H,24,27). The van der Waals surface area contributed by atoms with Gasteiger partial charge in [-0.2, -0.15) is 0 Å². The molecule has 1 heterocycles. The summed E-state index contributed by atoms with van der Waals surface area (Å²) in [5.41, 5.74) is 1.04. The summed E-state index contributed by atoms with van der Waals surface area (Å²) >= 11 is 0. The van der Waals surface area contributed by atoms with Crippen LogP contribution in [-0.2, 0) is 11.3 Å². The van der Waals surface area contributed by atoms with Crippen LogP contribution in [0.25, 0.3) is 0 Å². The molecule has 1 saturated heterocycles. The monoisotopic (exact) mass is 387 g/mol. The molecule has 148 valence electrons. The number of halogens is 2. The first-order valence-electron chi connectivity index (χ1n) is 9.29. The molecule has 0 spiro atoms. The quantitative estimate of drug-likeness (QED) is 0.857. The molecule has 2 aromatic rings. The van der Waals surface area contributed by atoms with E-state index in [2.05, 4.69) is 5.32 Å². The van der Waals surface area contributed by atoms with Crippen molar-refractivity contribution in [3.8, 4) is 0 Å². The van der Waals surface area contributed by atoms with Crippen LogP contribution in [0.5, 0.6) is 0 Å². The Labute approximate surface area is 162 Å². The maximum absolute atomic E-state index is 13.2. The fraction of sp³-hybridized carbons (Fsp3) is 0.333. The van der Waals surface area contributed by atoms with Gasteiger partial charge in [0, 0.05) is 44.4 Å². The molecule has 5 nitrogen and oxygen atoms in total. The fourth-order valence-electron chi connectivity index (χ4n) is 3.27. The van der Waals surface area contributed by atoms with Crippen LogP contribution in [0.3, 0.4) is 0 Å². The highest BCUT2D eigenvalue weighted by Crippen LogP contribution is 2.10. The van der Waals surface area contributed by atoms with Crippen molar-refractivity contribution in [3.63, 3.8) is 0 Å². The highest BCUT2D eigenvalue weighted by Gasteiger charge is 2.21. The van der Waals surface area contributed by atoms with Crippen LogP contribution in [0, 0.1) is 11.6 Å². The molecule has 28 heavy (non-hydrogen) atoms. The molecule has 3 rings (SSSR count). The fourth-order valence-corrected chi connectivity index (χ4v) is 3.27. The van der Waals surface area contributed by atoms with Gasteiger partial charge in [-0.15, -0.1) is 0 Å². The Hall–Kier alpha value is -2.80. The van der Waals surface area contributed by atoms with Crippen molar-refractivity contribution in [2.75, 3.05) is 32.7 Å². The van der Waals surface area contributed by atoms with E-state index >= 15 is 0 Å². The number of nitrogens with zero attached hydrogens (tertiary/aromatic N) is 2. The number of carbonyl (C=O) groups excluding carboxylic acids is 2. The highest BCUT2D eigenvalue weighted by atomic mass is 19.1. The molecular formula is C21H23F2N3O2. The summed E-state index contributed by atoms with van der Waals surface area (Å²) in [4.78, 5) is 28.5. The number of nitrogens with one attached hydrogen (secondary N) is 1. The smallest absolute Gasteiger partial charge is 0.253 e. The molecular weight excluding hydrogens is 364 g/mol. The second kappa shape index (κ2) is 9.41. The predicted molar refractivity (Wildman–Crippen MR) is 102 cm³/mol. The van der Waals surface area contributed by atoms with Gasteiger partial charge < -0.3 is 10.2 Å². The maximum Gasteiger partial charge on any atom is 0.253 e. The minimum absolute atomic E-state index is 0.0000300. The summed E-state index contributed by atoms with van der Waals surface area (Å²) in [7, 11) is 0. The molecule has 1 aliphatic rings. The Kier molecular flexibility index (Phi) is 6.71. The molecule has 0 unspecified atom stereocenters. The minimum atomic E-state index is -0.667. The van der Waals surface area contributed by atoms with Gasteiger partial charge in [0.1, 0.15) is 11.6 Å². The van der Waals surface area contributed by atoms with E-state index < -0.39 is 11.6 Å². The number of carbonyl (C=O) groups is 2. The molecule has 0 aliphatic carbocycles. The summed E-state index contributed by atoms with van der Waals surface area (Å²) in [6.45, 7) is 2.76.